The number of hydrogen-bond acceptors (Lipinski definition) is 3. The van der Waals surface area contributed by atoms with Gasteiger partial charge in [0.2, 0.25) is 0 Å². The van der Waals surface area contributed by atoms with Crippen molar-refractivity contribution >= 4 is 54.5 Å². The normalized spacial score (nSPS) is 11.7. The SMILES string of the molecule is c1ccc(-c2c(-c3ccc(-c4ccc5ccc6cccnc6c5n4)cc3)c3ccccc3c3c2oc2ccccc23)cc1. The van der Waals surface area contributed by atoms with E-state index < -0.39 is 0 Å². The average molecular weight is 549 g/mol. The maximum atomic E-state index is 6.66. The molecule has 0 amide bonds. The summed E-state index contributed by atoms with van der Waals surface area (Å²) in [6.45, 7) is 0. The van der Waals surface area contributed by atoms with Gasteiger partial charge in [-0.1, -0.05) is 121 Å². The van der Waals surface area contributed by atoms with E-state index in [1.165, 1.54) is 16.3 Å². The number of para-hydroxylation sites is 1. The summed E-state index contributed by atoms with van der Waals surface area (Å²) in [5.74, 6) is 0. The zero-order valence-electron chi connectivity index (χ0n) is 23.2. The predicted molar refractivity (Wildman–Crippen MR) is 178 cm³/mol. The van der Waals surface area contributed by atoms with Gasteiger partial charge in [0.05, 0.1) is 16.7 Å². The molecule has 0 unspecified atom stereocenters. The van der Waals surface area contributed by atoms with Gasteiger partial charge >= 0.3 is 0 Å². The lowest BCUT2D eigenvalue weighted by Gasteiger charge is -2.16. The third-order valence-electron chi connectivity index (χ3n) is 8.50. The van der Waals surface area contributed by atoms with Crippen molar-refractivity contribution in [1.29, 1.82) is 0 Å². The number of fused-ring (bicyclic) bond motifs is 8. The molecule has 3 nitrogen and oxygen atoms in total. The van der Waals surface area contributed by atoms with E-state index in [2.05, 4.69) is 132 Å². The first-order valence-corrected chi connectivity index (χ1v) is 14.5. The molecule has 3 heteroatoms. The van der Waals surface area contributed by atoms with Crippen molar-refractivity contribution in [3.8, 4) is 33.5 Å². The average Bonchev–Trinajstić information content (AvgIpc) is 3.47. The lowest BCUT2D eigenvalue weighted by Crippen LogP contribution is -1.91. The van der Waals surface area contributed by atoms with Crippen LogP contribution in [0.2, 0.25) is 0 Å². The van der Waals surface area contributed by atoms with Crippen LogP contribution < -0.4 is 0 Å². The topological polar surface area (TPSA) is 38.9 Å². The number of rotatable bonds is 3. The summed E-state index contributed by atoms with van der Waals surface area (Å²) < 4.78 is 6.66. The summed E-state index contributed by atoms with van der Waals surface area (Å²) in [5, 5.41) is 6.87. The Morgan fingerprint density at radius 3 is 1.93 bits per heavy atom. The van der Waals surface area contributed by atoms with Crippen LogP contribution in [0.4, 0.5) is 0 Å². The van der Waals surface area contributed by atoms with Crippen molar-refractivity contribution in [1.82, 2.24) is 9.97 Å². The van der Waals surface area contributed by atoms with E-state index in [0.29, 0.717) is 0 Å². The van der Waals surface area contributed by atoms with Crippen LogP contribution in [0.5, 0.6) is 0 Å². The standard InChI is InChI=1S/C40H24N2O/c1-2-9-26(10-3-1)36-35(30-12-4-5-13-31(30)37-32-14-6-7-15-34(32)43-40(36)37)27-18-16-25(17-19-27)33-23-22-29-21-20-28-11-8-24-41-38(28)39(29)42-33/h1-24H. The second-order valence-electron chi connectivity index (χ2n) is 11.0. The van der Waals surface area contributed by atoms with Gasteiger partial charge in [0, 0.05) is 44.4 Å². The Bertz CT molecular complexity index is 2490. The second kappa shape index (κ2) is 9.37. The maximum Gasteiger partial charge on any atom is 0.144 e. The van der Waals surface area contributed by atoms with E-state index in [4.69, 9.17) is 9.40 Å². The highest BCUT2D eigenvalue weighted by molar-refractivity contribution is 6.27. The van der Waals surface area contributed by atoms with Gasteiger partial charge in [0.15, 0.2) is 0 Å². The molecular weight excluding hydrogens is 524 g/mol. The highest BCUT2D eigenvalue weighted by Gasteiger charge is 2.22. The van der Waals surface area contributed by atoms with Crippen molar-refractivity contribution in [2.75, 3.05) is 0 Å². The summed E-state index contributed by atoms with van der Waals surface area (Å²) in [7, 11) is 0. The molecule has 3 heterocycles. The van der Waals surface area contributed by atoms with E-state index >= 15 is 0 Å². The predicted octanol–water partition coefficient (Wildman–Crippen LogP) is 10.8. The van der Waals surface area contributed by atoms with E-state index in [1.807, 2.05) is 18.3 Å². The van der Waals surface area contributed by atoms with Gasteiger partial charge in [-0.05, 0) is 40.1 Å². The Hall–Kier alpha value is -5.80. The fourth-order valence-electron chi connectivity index (χ4n) is 6.53. The second-order valence-corrected chi connectivity index (χ2v) is 11.0. The van der Waals surface area contributed by atoms with Crippen molar-refractivity contribution < 1.29 is 4.42 Å². The van der Waals surface area contributed by atoms with Gasteiger partial charge in [-0.2, -0.15) is 0 Å². The Morgan fingerprint density at radius 2 is 1.09 bits per heavy atom. The van der Waals surface area contributed by atoms with Gasteiger partial charge in [0.1, 0.15) is 11.2 Å². The highest BCUT2D eigenvalue weighted by atomic mass is 16.3. The Morgan fingerprint density at radius 1 is 0.442 bits per heavy atom. The summed E-state index contributed by atoms with van der Waals surface area (Å²) >= 11 is 0. The van der Waals surface area contributed by atoms with Crippen molar-refractivity contribution in [2.24, 2.45) is 0 Å². The van der Waals surface area contributed by atoms with E-state index in [1.54, 1.807) is 0 Å². The summed E-state index contributed by atoms with van der Waals surface area (Å²) in [5.41, 5.74) is 10.2. The maximum absolute atomic E-state index is 6.66. The lowest BCUT2D eigenvalue weighted by atomic mass is 9.87. The quantitative estimate of drug-likeness (QED) is 0.206. The zero-order valence-corrected chi connectivity index (χ0v) is 23.2. The molecule has 0 saturated heterocycles. The van der Waals surface area contributed by atoms with E-state index in [0.717, 1.165) is 71.7 Å². The minimum atomic E-state index is 0.900. The minimum Gasteiger partial charge on any atom is -0.455 e. The van der Waals surface area contributed by atoms with Crippen LogP contribution in [0.25, 0.3) is 88.0 Å². The number of hydrogen-bond donors (Lipinski definition) is 0. The van der Waals surface area contributed by atoms with Gasteiger partial charge in [-0.25, -0.2) is 4.98 Å². The molecule has 0 fully saturated rings. The first kappa shape index (κ1) is 23.9. The molecule has 0 aliphatic carbocycles. The number of aromatic nitrogens is 2. The lowest BCUT2D eigenvalue weighted by molar-refractivity contribution is 0.670. The van der Waals surface area contributed by atoms with Crippen LogP contribution in [0.15, 0.2) is 150 Å². The Balaban J connectivity index is 1.29. The molecule has 3 aromatic heterocycles. The van der Waals surface area contributed by atoms with Gasteiger partial charge in [0.25, 0.3) is 0 Å². The molecule has 9 rings (SSSR count). The number of pyridine rings is 2. The molecule has 6 aromatic carbocycles. The molecule has 0 saturated carbocycles. The summed E-state index contributed by atoms with van der Waals surface area (Å²) in [6, 6.07) is 48.9. The molecular formula is C40H24N2O. The molecule has 0 aliphatic rings. The van der Waals surface area contributed by atoms with Gasteiger partial charge in [-0.3, -0.25) is 4.98 Å². The number of nitrogens with zero attached hydrogens (tertiary/aromatic N) is 2. The van der Waals surface area contributed by atoms with Crippen molar-refractivity contribution in [3.05, 3.63) is 146 Å². The van der Waals surface area contributed by atoms with Crippen LogP contribution >= 0.6 is 0 Å². The van der Waals surface area contributed by atoms with E-state index in [-0.39, 0.29) is 0 Å². The molecule has 0 radical (unpaired) electrons. The van der Waals surface area contributed by atoms with Crippen molar-refractivity contribution in [3.63, 3.8) is 0 Å². The van der Waals surface area contributed by atoms with Gasteiger partial charge in [-0.15, -0.1) is 0 Å². The molecule has 0 atom stereocenters. The summed E-state index contributed by atoms with van der Waals surface area (Å²) in [4.78, 5) is 9.71. The van der Waals surface area contributed by atoms with Crippen molar-refractivity contribution in [2.45, 2.75) is 0 Å². The fourth-order valence-corrected chi connectivity index (χ4v) is 6.53. The molecule has 0 bridgehead atoms. The molecule has 200 valence electrons. The highest BCUT2D eigenvalue weighted by Crippen LogP contribution is 2.47. The van der Waals surface area contributed by atoms with Crippen LogP contribution in [-0.4, -0.2) is 9.97 Å². The number of furan rings is 1. The van der Waals surface area contributed by atoms with Crippen LogP contribution in [0, 0.1) is 0 Å². The molecule has 0 spiro atoms. The summed E-state index contributed by atoms with van der Waals surface area (Å²) in [6.07, 6.45) is 1.83. The van der Waals surface area contributed by atoms with Gasteiger partial charge < -0.3 is 4.42 Å². The fraction of sp³-hybridized carbons (Fsp3) is 0. The molecule has 0 N–H and O–H groups in total. The third kappa shape index (κ3) is 3.68. The third-order valence-corrected chi connectivity index (χ3v) is 8.50. The Labute approximate surface area is 247 Å². The molecule has 9 aromatic rings. The number of benzene rings is 6. The molecule has 43 heavy (non-hydrogen) atoms. The van der Waals surface area contributed by atoms with E-state index in [9.17, 15) is 0 Å². The monoisotopic (exact) mass is 548 g/mol. The molecule has 0 aliphatic heterocycles. The van der Waals surface area contributed by atoms with Crippen LogP contribution in [0.1, 0.15) is 0 Å². The largest absolute Gasteiger partial charge is 0.455 e. The first-order chi connectivity index (χ1) is 21.3. The first-order valence-electron chi connectivity index (χ1n) is 14.5. The minimum absolute atomic E-state index is 0.900. The van der Waals surface area contributed by atoms with Crippen LogP contribution in [-0.2, 0) is 0 Å². The Kier molecular flexibility index (Phi) is 5.20. The smallest absolute Gasteiger partial charge is 0.144 e. The van der Waals surface area contributed by atoms with Crippen LogP contribution in [0.3, 0.4) is 0 Å². The zero-order chi connectivity index (χ0) is 28.3.